The van der Waals surface area contributed by atoms with E-state index in [4.69, 9.17) is 4.42 Å². The van der Waals surface area contributed by atoms with Crippen molar-refractivity contribution in [2.75, 3.05) is 4.90 Å². The SMILES string of the molecule is c1ccc2c(c1)oc1ccc(N(c3ccc(C4CC5CCC4C5)cc3)c3ccc(C4CC5CCC4C5)cc3)cc12. The third kappa shape index (κ3) is 3.68. The number of anilines is 3. The lowest BCUT2D eigenvalue weighted by Crippen LogP contribution is -2.12. The first-order valence-electron chi connectivity index (χ1n) is 15.7. The lowest BCUT2D eigenvalue weighted by molar-refractivity contribution is 0.420. The zero-order valence-electron chi connectivity index (χ0n) is 23.1. The summed E-state index contributed by atoms with van der Waals surface area (Å²) in [6.45, 7) is 0. The topological polar surface area (TPSA) is 16.4 Å². The summed E-state index contributed by atoms with van der Waals surface area (Å²) >= 11 is 0. The molecular weight excluding hydrogens is 486 g/mol. The van der Waals surface area contributed by atoms with Crippen molar-refractivity contribution >= 4 is 39.0 Å². The van der Waals surface area contributed by atoms with E-state index in [0.29, 0.717) is 0 Å². The molecule has 4 fully saturated rings. The average molecular weight is 524 g/mol. The lowest BCUT2D eigenvalue weighted by Gasteiger charge is -2.28. The number of hydrogen-bond acceptors (Lipinski definition) is 2. The van der Waals surface area contributed by atoms with E-state index in [1.807, 2.05) is 6.07 Å². The second-order valence-electron chi connectivity index (χ2n) is 13.4. The molecule has 0 N–H and O–H groups in total. The highest BCUT2D eigenvalue weighted by atomic mass is 16.3. The van der Waals surface area contributed by atoms with Crippen molar-refractivity contribution in [3.8, 4) is 0 Å². The summed E-state index contributed by atoms with van der Waals surface area (Å²) in [5, 5.41) is 2.35. The van der Waals surface area contributed by atoms with E-state index in [2.05, 4.69) is 89.8 Å². The van der Waals surface area contributed by atoms with Crippen LogP contribution in [0.3, 0.4) is 0 Å². The van der Waals surface area contributed by atoms with Gasteiger partial charge in [-0.2, -0.15) is 0 Å². The van der Waals surface area contributed by atoms with E-state index in [9.17, 15) is 0 Å². The van der Waals surface area contributed by atoms with Crippen LogP contribution in [0.25, 0.3) is 21.9 Å². The Balaban J connectivity index is 1.11. The van der Waals surface area contributed by atoms with Crippen LogP contribution in [0, 0.1) is 23.7 Å². The van der Waals surface area contributed by atoms with Crippen molar-refractivity contribution < 1.29 is 4.42 Å². The monoisotopic (exact) mass is 523 g/mol. The molecule has 2 heteroatoms. The van der Waals surface area contributed by atoms with E-state index < -0.39 is 0 Å². The lowest BCUT2D eigenvalue weighted by atomic mass is 9.83. The van der Waals surface area contributed by atoms with Gasteiger partial charge in [0.15, 0.2) is 0 Å². The Morgan fingerprint density at radius 3 is 1.60 bits per heavy atom. The molecule has 0 spiro atoms. The van der Waals surface area contributed by atoms with Crippen molar-refractivity contribution in [1.82, 2.24) is 0 Å². The van der Waals surface area contributed by atoms with Gasteiger partial charge in [-0.25, -0.2) is 0 Å². The maximum absolute atomic E-state index is 6.17. The molecule has 4 aliphatic carbocycles. The number of para-hydroxylation sites is 1. The minimum Gasteiger partial charge on any atom is -0.456 e. The molecule has 0 saturated heterocycles. The number of nitrogens with zero attached hydrogens (tertiary/aromatic N) is 1. The molecule has 4 bridgehead atoms. The fourth-order valence-electron chi connectivity index (χ4n) is 9.35. The van der Waals surface area contributed by atoms with Crippen molar-refractivity contribution in [2.45, 2.75) is 63.2 Å². The Bertz CT molecular complexity index is 1620. The third-order valence-corrected chi connectivity index (χ3v) is 11.3. The number of hydrogen-bond donors (Lipinski definition) is 0. The van der Waals surface area contributed by atoms with Gasteiger partial charge in [0, 0.05) is 27.8 Å². The predicted octanol–water partition coefficient (Wildman–Crippen LogP) is 10.9. The Kier molecular flexibility index (Phi) is 5.22. The fraction of sp³-hybridized carbons (Fsp3) is 0.368. The van der Waals surface area contributed by atoms with Crippen LogP contribution in [0.15, 0.2) is 95.4 Å². The van der Waals surface area contributed by atoms with Crippen LogP contribution >= 0.6 is 0 Å². The van der Waals surface area contributed by atoms with E-state index >= 15 is 0 Å². The van der Waals surface area contributed by atoms with Crippen molar-refractivity contribution in [3.63, 3.8) is 0 Å². The van der Waals surface area contributed by atoms with Gasteiger partial charge in [-0.3, -0.25) is 0 Å². The summed E-state index contributed by atoms with van der Waals surface area (Å²) in [4.78, 5) is 2.44. The van der Waals surface area contributed by atoms with Gasteiger partial charge >= 0.3 is 0 Å². The molecule has 6 atom stereocenters. The first kappa shape index (κ1) is 23.2. The van der Waals surface area contributed by atoms with Gasteiger partial charge in [-0.05, 0) is 134 Å². The minimum absolute atomic E-state index is 0.760. The van der Waals surface area contributed by atoms with E-state index in [1.54, 1.807) is 11.1 Å². The highest BCUT2D eigenvalue weighted by Gasteiger charge is 2.41. The standard InChI is InChI=1S/C38H37NO/c1-2-4-37-33(3-1)36-23-32(17-18-38(36)40-37)39(30-13-9-26(10-14-30)34-21-24-5-7-28(34)19-24)31-15-11-27(12-16-31)35-22-25-6-8-29(35)20-25/h1-4,9-18,23-25,28-29,34-35H,5-8,19-22H2. The fourth-order valence-corrected chi connectivity index (χ4v) is 9.35. The number of rotatable bonds is 5. The maximum atomic E-state index is 6.17. The molecule has 40 heavy (non-hydrogen) atoms. The normalized spacial score (nSPS) is 28.7. The second-order valence-corrected chi connectivity index (χ2v) is 13.4. The molecule has 1 heterocycles. The van der Waals surface area contributed by atoms with Crippen LogP contribution in [0.4, 0.5) is 17.1 Å². The molecule has 0 amide bonds. The van der Waals surface area contributed by atoms with E-state index in [1.165, 1.54) is 79.2 Å². The molecule has 1 aromatic heterocycles. The second kappa shape index (κ2) is 8.99. The van der Waals surface area contributed by atoms with Crippen molar-refractivity contribution in [1.29, 1.82) is 0 Å². The Morgan fingerprint density at radius 2 is 1.05 bits per heavy atom. The highest BCUT2D eigenvalue weighted by molar-refractivity contribution is 6.06. The number of benzene rings is 4. The maximum Gasteiger partial charge on any atom is 0.135 e. The molecule has 0 radical (unpaired) electrons. The van der Waals surface area contributed by atoms with Crippen LogP contribution in [-0.2, 0) is 0 Å². The third-order valence-electron chi connectivity index (χ3n) is 11.3. The van der Waals surface area contributed by atoms with Gasteiger partial charge in [0.2, 0.25) is 0 Å². The molecule has 4 aromatic carbocycles. The molecule has 0 aliphatic heterocycles. The zero-order valence-corrected chi connectivity index (χ0v) is 23.1. The Morgan fingerprint density at radius 1 is 0.500 bits per heavy atom. The minimum atomic E-state index is 0.760. The average Bonchev–Trinajstić information content (AvgIpc) is 3.85. The largest absolute Gasteiger partial charge is 0.456 e. The predicted molar refractivity (Wildman–Crippen MR) is 165 cm³/mol. The van der Waals surface area contributed by atoms with Crippen LogP contribution in [0.5, 0.6) is 0 Å². The van der Waals surface area contributed by atoms with Crippen LogP contribution in [-0.4, -0.2) is 0 Å². The van der Waals surface area contributed by atoms with Crippen LogP contribution in [0.2, 0.25) is 0 Å². The number of furan rings is 1. The molecular formula is C38H37NO. The molecule has 6 unspecified atom stereocenters. The Labute approximate surface area is 237 Å². The van der Waals surface area contributed by atoms with Crippen molar-refractivity contribution in [3.05, 3.63) is 102 Å². The van der Waals surface area contributed by atoms with Gasteiger partial charge in [-0.15, -0.1) is 0 Å². The van der Waals surface area contributed by atoms with Crippen molar-refractivity contribution in [2.24, 2.45) is 23.7 Å². The summed E-state index contributed by atoms with van der Waals surface area (Å²) in [5.41, 5.74) is 8.62. The van der Waals surface area contributed by atoms with Gasteiger partial charge in [0.05, 0.1) is 0 Å². The zero-order chi connectivity index (χ0) is 26.2. The quantitative estimate of drug-likeness (QED) is 0.228. The van der Waals surface area contributed by atoms with Gasteiger partial charge in [0.1, 0.15) is 11.2 Å². The van der Waals surface area contributed by atoms with E-state index in [-0.39, 0.29) is 0 Å². The van der Waals surface area contributed by atoms with Gasteiger partial charge in [0.25, 0.3) is 0 Å². The van der Waals surface area contributed by atoms with Gasteiger partial charge in [-0.1, -0.05) is 55.3 Å². The molecule has 4 saturated carbocycles. The molecule has 4 aliphatic rings. The van der Waals surface area contributed by atoms with Crippen LogP contribution in [0.1, 0.15) is 74.3 Å². The van der Waals surface area contributed by atoms with Crippen LogP contribution < -0.4 is 4.90 Å². The number of fused-ring (bicyclic) bond motifs is 7. The summed E-state index contributed by atoms with van der Waals surface area (Å²) < 4.78 is 6.17. The summed E-state index contributed by atoms with van der Waals surface area (Å²) in [6.07, 6.45) is 11.4. The highest BCUT2D eigenvalue weighted by Crippen LogP contribution is 2.54. The smallest absolute Gasteiger partial charge is 0.135 e. The summed E-state index contributed by atoms with van der Waals surface area (Å²) in [6, 6.07) is 34.2. The molecule has 200 valence electrons. The molecule has 2 nitrogen and oxygen atoms in total. The first-order valence-corrected chi connectivity index (χ1v) is 15.7. The Hall–Kier alpha value is -3.52. The first-order chi connectivity index (χ1) is 19.8. The molecule has 9 rings (SSSR count). The summed E-state index contributed by atoms with van der Waals surface area (Å²) in [5.74, 6) is 5.27. The van der Waals surface area contributed by atoms with Gasteiger partial charge < -0.3 is 9.32 Å². The summed E-state index contributed by atoms with van der Waals surface area (Å²) in [7, 11) is 0. The van der Waals surface area contributed by atoms with E-state index in [0.717, 1.165) is 46.7 Å². The molecule has 5 aromatic rings.